The number of amides is 2. The summed E-state index contributed by atoms with van der Waals surface area (Å²) in [5, 5.41) is 18.5. The Hall–Kier alpha value is -3.81. The zero-order valence-electron chi connectivity index (χ0n) is 21.9. The molecule has 3 aromatic rings. The summed E-state index contributed by atoms with van der Waals surface area (Å²) in [6.07, 6.45) is 8.10. The van der Waals surface area contributed by atoms with Gasteiger partial charge in [0.2, 0.25) is 5.91 Å². The highest BCUT2D eigenvalue weighted by atomic mass is 16.5. The number of benzene rings is 3. The van der Waals surface area contributed by atoms with Crippen LogP contribution >= 0.6 is 0 Å². The Morgan fingerprint density at radius 1 is 0.868 bits per heavy atom. The molecule has 2 aliphatic rings. The van der Waals surface area contributed by atoms with E-state index in [1.54, 1.807) is 42.5 Å². The van der Waals surface area contributed by atoms with Crippen molar-refractivity contribution in [2.24, 2.45) is 0 Å². The van der Waals surface area contributed by atoms with E-state index in [2.05, 4.69) is 10.6 Å². The van der Waals surface area contributed by atoms with Crippen LogP contribution in [0.3, 0.4) is 0 Å². The summed E-state index contributed by atoms with van der Waals surface area (Å²) in [6, 6.07) is 12.0. The lowest BCUT2D eigenvalue weighted by atomic mass is 9.99. The van der Waals surface area contributed by atoms with Gasteiger partial charge in [-0.3, -0.25) is 9.59 Å². The van der Waals surface area contributed by atoms with Crippen LogP contribution in [0.25, 0.3) is 21.5 Å². The lowest BCUT2D eigenvalue weighted by molar-refractivity contribution is -0.134. The van der Waals surface area contributed by atoms with Crippen molar-refractivity contribution in [2.75, 3.05) is 13.2 Å². The number of fused-ring (bicyclic) bond motifs is 18. The highest BCUT2D eigenvalue weighted by Crippen LogP contribution is 2.42. The van der Waals surface area contributed by atoms with Gasteiger partial charge in [-0.05, 0) is 31.0 Å². The van der Waals surface area contributed by atoms with Gasteiger partial charge in [0.25, 0.3) is 12.1 Å². The third kappa shape index (κ3) is 6.73. The molecule has 0 spiro atoms. The molecule has 0 saturated carbocycles. The lowest BCUT2D eigenvalue weighted by Gasteiger charge is -2.22. The topological polar surface area (TPSA) is 114 Å². The van der Waals surface area contributed by atoms with Crippen LogP contribution < -0.4 is 15.4 Å². The molecule has 0 radical (unpaired) electrons. The first-order valence-electron chi connectivity index (χ1n) is 13.5. The van der Waals surface area contributed by atoms with Crippen LogP contribution in [0, 0.1) is 0 Å². The van der Waals surface area contributed by atoms with E-state index >= 15 is 0 Å². The molecule has 2 aliphatic heterocycles. The molecule has 202 valence electrons. The van der Waals surface area contributed by atoms with Crippen molar-refractivity contribution < 1.29 is 29.0 Å². The molecule has 4 bridgehead atoms. The Balaban J connectivity index is 1.73. The fraction of sp³-hybridized carbons (Fsp3) is 0.433. The molecule has 0 saturated heterocycles. The van der Waals surface area contributed by atoms with Gasteiger partial charge in [-0.25, -0.2) is 4.79 Å². The molecule has 8 nitrogen and oxygen atoms in total. The van der Waals surface area contributed by atoms with Crippen LogP contribution in [0.4, 0.5) is 0 Å². The number of phenols is 1. The molecule has 0 fully saturated rings. The zero-order valence-corrected chi connectivity index (χ0v) is 21.9. The van der Waals surface area contributed by atoms with Gasteiger partial charge in [0.15, 0.2) is 0 Å². The highest BCUT2D eigenvalue weighted by molar-refractivity contribution is 6.12. The van der Waals surface area contributed by atoms with E-state index in [0.717, 1.165) is 51.4 Å². The molecular weight excluding hydrogens is 484 g/mol. The minimum Gasteiger partial charge on any atom is -0.507 e. The second-order valence-corrected chi connectivity index (χ2v) is 9.79. The molecule has 5 rings (SSSR count). The van der Waals surface area contributed by atoms with Crippen molar-refractivity contribution in [3.63, 3.8) is 0 Å². The third-order valence-corrected chi connectivity index (χ3v) is 6.84. The number of hydrogen-bond acceptors (Lipinski definition) is 6. The predicted octanol–water partition coefficient (Wildman–Crippen LogP) is 5.34. The number of rotatable bonds is 1. The molecule has 1 unspecified atom stereocenters. The molecule has 3 N–H and O–H groups in total. The number of nitrogens with one attached hydrogen (secondary N) is 2. The monoisotopic (exact) mass is 520 g/mol. The van der Waals surface area contributed by atoms with E-state index in [4.69, 9.17) is 9.47 Å². The Morgan fingerprint density at radius 3 is 2.21 bits per heavy atom. The Kier molecular flexibility index (Phi) is 9.40. The summed E-state index contributed by atoms with van der Waals surface area (Å²) < 4.78 is 11.7. The van der Waals surface area contributed by atoms with Crippen LogP contribution in [0.1, 0.15) is 75.1 Å². The molecule has 8 heteroatoms. The molecule has 0 aliphatic carbocycles. The summed E-state index contributed by atoms with van der Waals surface area (Å²) >= 11 is 0. The van der Waals surface area contributed by atoms with Crippen molar-refractivity contribution in [1.82, 2.24) is 10.6 Å². The summed E-state index contributed by atoms with van der Waals surface area (Å²) in [7, 11) is 0. The maximum atomic E-state index is 13.1. The lowest BCUT2D eigenvalue weighted by Crippen LogP contribution is -2.49. The summed E-state index contributed by atoms with van der Waals surface area (Å²) in [5.74, 6) is -1.01. The number of hydrogen-bond donors (Lipinski definition) is 3. The van der Waals surface area contributed by atoms with Gasteiger partial charge in [-0.1, -0.05) is 69.2 Å². The molecule has 0 aromatic heterocycles. The summed E-state index contributed by atoms with van der Waals surface area (Å²) in [5.41, 5.74) is 0.312. The molecule has 2 heterocycles. The largest absolute Gasteiger partial charge is 0.507 e. The smallest absolute Gasteiger partial charge is 0.338 e. The molecule has 1 atom stereocenters. The van der Waals surface area contributed by atoms with Crippen LogP contribution in [0.15, 0.2) is 42.5 Å². The van der Waals surface area contributed by atoms with Gasteiger partial charge < -0.3 is 25.2 Å². The molecule has 38 heavy (non-hydrogen) atoms. The minimum atomic E-state index is -1.27. The summed E-state index contributed by atoms with van der Waals surface area (Å²) in [4.78, 5) is 37.8. The van der Waals surface area contributed by atoms with E-state index in [1.807, 2.05) is 0 Å². The van der Waals surface area contributed by atoms with Gasteiger partial charge in [0, 0.05) is 35.0 Å². The van der Waals surface area contributed by atoms with Crippen molar-refractivity contribution >= 4 is 39.3 Å². The van der Waals surface area contributed by atoms with Gasteiger partial charge in [0.05, 0.1) is 12.2 Å². The minimum absolute atomic E-state index is 0.00687. The van der Waals surface area contributed by atoms with E-state index in [0.29, 0.717) is 46.0 Å². The quantitative estimate of drug-likeness (QED) is 0.295. The first-order valence-corrected chi connectivity index (χ1v) is 13.5. The summed E-state index contributed by atoms with van der Waals surface area (Å²) in [6.45, 7) is 2.16. The molecule has 2 amide bonds. The maximum Gasteiger partial charge on any atom is 0.338 e. The first kappa shape index (κ1) is 27.2. The molecular formula is C30H36N2O6. The standard InChI is InChI=1S/C30H36N2O6/c1-20(33)32-29-28(35)31-17-11-7-5-3-2-4-6-8-12-18-37-30(36)21-15-16-24-25(19-21)26(34)22-13-9-10-14-23(22)27(24)38-29/h9-10,13-16,19,29,34H,2-8,11-12,17-18H2,1H3,(H,31,35)(H,32,33). The second kappa shape index (κ2) is 13.1. The molecule has 3 aromatic carbocycles. The van der Waals surface area contributed by atoms with E-state index < -0.39 is 24.0 Å². The number of esters is 1. The van der Waals surface area contributed by atoms with Gasteiger partial charge >= 0.3 is 5.97 Å². The van der Waals surface area contributed by atoms with Crippen molar-refractivity contribution in [3.05, 3.63) is 48.0 Å². The number of ether oxygens (including phenoxy) is 2. The number of carbonyl (C=O) groups is 3. The Labute approximate surface area is 222 Å². The van der Waals surface area contributed by atoms with Gasteiger partial charge in [0.1, 0.15) is 11.5 Å². The fourth-order valence-corrected chi connectivity index (χ4v) is 4.84. The van der Waals surface area contributed by atoms with E-state index in [1.165, 1.54) is 13.3 Å². The zero-order chi connectivity index (χ0) is 26.9. The Bertz CT molecular complexity index is 1300. The average molecular weight is 521 g/mol. The van der Waals surface area contributed by atoms with Crippen molar-refractivity contribution in [3.8, 4) is 11.5 Å². The normalized spacial score (nSPS) is 18.7. The fourth-order valence-electron chi connectivity index (χ4n) is 4.84. The third-order valence-electron chi connectivity index (χ3n) is 6.84. The van der Waals surface area contributed by atoms with Crippen molar-refractivity contribution in [1.29, 1.82) is 0 Å². The van der Waals surface area contributed by atoms with Crippen LogP contribution in [0.2, 0.25) is 0 Å². The second-order valence-electron chi connectivity index (χ2n) is 9.79. The average Bonchev–Trinajstić information content (AvgIpc) is 2.91. The van der Waals surface area contributed by atoms with Crippen LogP contribution in [-0.4, -0.2) is 42.3 Å². The van der Waals surface area contributed by atoms with Gasteiger partial charge in [-0.2, -0.15) is 0 Å². The van der Waals surface area contributed by atoms with Crippen molar-refractivity contribution in [2.45, 2.75) is 70.9 Å². The highest BCUT2D eigenvalue weighted by Gasteiger charge is 2.25. The van der Waals surface area contributed by atoms with Crippen LogP contribution in [-0.2, 0) is 14.3 Å². The van der Waals surface area contributed by atoms with E-state index in [-0.39, 0.29) is 5.75 Å². The first-order chi connectivity index (χ1) is 18.5. The SMILES string of the molecule is CC(=O)NC1Oc2c3ccccc3c(O)c3cc(ccc23)C(=O)OCCCCCCCCCCCNC1=O. The maximum absolute atomic E-state index is 13.1. The number of aromatic hydroxyl groups is 1. The predicted molar refractivity (Wildman–Crippen MR) is 146 cm³/mol. The Morgan fingerprint density at radius 2 is 1.50 bits per heavy atom. The van der Waals surface area contributed by atoms with E-state index in [9.17, 15) is 19.5 Å². The van der Waals surface area contributed by atoms with Gasteiger partial charge in [-0.15, -0.1) is 0 Å². The number of carbonyl (C=O) groups excluding carboxylic acids is 3. The van der Waals surface area contributed by atoms with Crippen LogP contribution in [0.5, 0.6) is 11.5 Å². The number of phenolic OH excluding ortho intramolecular Hbond substituents is 1.